The molecule has 0 radical (unpaired) electrons. The van der Waals surface area contributed by atoms with Crippen LogP contribution in [-0.4, -0.2) is 38.2 Å². The lowest BCUT2D eigenvalue weighted by molar-refractivity contribution is -0.118. The molecule has 0 aliphatic heterocycles. The van der Waals surface area contributed by atoms with Gasteiger partial charge in [-0.3, -0.25) is 15.0 Å². The van der Waals surface area contributed by atoms with E-state index in [1.165, 1.54) is 13.8 Å². The SMILES string of the molecule is CC(=O)N/N=C(\C(=N)c1cccc(-c2nn(C(C)=O)nc2-c2ccccc2)c1)c1ccccc1. The highest BCUT2D eigenvalue weighted by Crippen LogP contribution is 2.29. The van der Waals surface area contributed by atoms with Gasteiger partial charge in [0, 0.05) is 36.1 Å². The zero-order valence-electron chi connectivity index (χ0n) is 18.7. The first kappa shape index (κ1) is 22.5. The molecule has 34 heavy (non-hydrogen) atoms. The average molecular weight is 451 g/mol. The molecule has 0 aliphatic carbocycles. The van der Waals surface area contributed by atoms with E-state index in [1.807, 2.05) is 72.8 Å². The molecule has 0 saturated heterocycles. The number of hydrazone groups is 1. The molecule has 0 spiro atoms. The van der Waals surface area contributed by atoms with Crippen LogP contribution in [0, 0.1) is 5.41 Å². The first-order valence-corrected chi connectivity index (χ1v) is 10.6. The Morgan fingerprint density at radius 1 is 0.794 bits per heavy atom. The van der Waals surface area contributed by atoms with Gasteiger partial charge in [-0.2, -0.15) is 5.10 Å². The predicted molar refractivity (Wildman–Crippen MR) is 131 cm³/mol. The van der Waals surface area contributed by atoms with E-state index in [9.17, 15) is 9.59 Å². The molecule has 0 fully saturated rings. The van der Waals surface area contributed by atoms with Crippen LogP contribution < -0.4 is 5.43 Å². The van der Waals surface area contributed by atoms with Crippen LogP contribution in [0.15, 0.2) is 90.0 Å². The summed E-state index contributed by atoms with van der Waals surface area (Å²) in [5, 5.41) is 21.8. The van der Waals surface area contributed by atoms with E-state index in [2.05, 4.69) is 20.7 Å². The summed E-state index contributed by atoms with van der Waals surface area (Å²) in [6.07, 6.45) is 0. The van der Waals surface area contributed by atoms with Crippen LogP contribution in [0.4, 0.5) is 0 Å². The molecule has 0 unspecified atom stereocenters. The Morgan fingerprint density at radius 2 is 1.35 bits per heavy atom. The third-order valence-electron chi connectivity index (χ3n) is 4.98. The van der Waals surface area contributed by atoms with Crippen LogP contribution >= 0.6 is 0 Å². The third-order valence-corrected chi connectivity index (χ3v) is 4.98. The lowest BCUT2D eigenvalue weighted by Gasteiger charge is -2.10. The zero-order chi connectivity index (χ0) is 24.1. The molecule has 0 aliphatic rings. The maximum Gasteiger partial charge on any atom is 0.261 e. The minimum atomic E-state index is -0.330. The molecule has 4 aromatic rings. The summed E-state index contributed by atoms with van der Waals surface area (Å²) in [7, 11) is 0. The molecule has 1 amide bonds. The summed E-state index contributed by atoms with van der Waals surface area (Å²) in [5.74, 6) is -0.635. The minimum absolute atomic E-state index is 0.127. The number of nitrogens with one attached hydrogen (secondary N) is 2. The maximum atomic E-state index is 12.0. The topological polar surface area (TPSA) is 113 Å². The molecule has 2 N–H and O–H groups in total. The van der Waals surface area contributed by atoms with Gasteiger partial charge >= 0.3 is 0 Å². The average Bonchev–Trinajstić information content (AvgIpc) is 3.31. The van der Waals surface area contributed by atoms with Gasteiger partial charge in [0.1, 0.15) is 17.1 Å². The number of hydrogen-bond donors (Lipinski definition) is 2. The standard InChI is InChI=1S/C26H22N6O2/c1-17(33)28-29-24(19-10-5-3-6-11-19)23(27)21-14-9-15-22(16-21)26-25(20-12-7-4-8-13-20)30-32(31-26)18(2)34/h3-16,27H,1-2H3,(H,28,33)/b27-23?,29-24-. The Balaban J connectivity index is 1.79. The molecule has 4 rings (SSSR count). The molecule has 0 saturated carbocycles. The number of benzene rings is 3. The number of hydrogen-bond acceptors (Lipinski definition) is 6. The van der Waals surface area contributed by atoms with Gasteiger partial charge in [-0.05, 0) is 6.07 Å². The highest BCUT2D eigenvalue weighted by Gasteiger charge is 2.19. The summed E-state index contributed by atoms with van der Waals surface area (Å²) >= 11 is 0. The van der Waals surface area contributed by atoms with Gasteiger partial charge in [-0.1, -0.05) is 78.9 Å². The van der Waals surface area contributed by atoms with Crippen molar-refractivity contribution >= 4 is 23.2 Å². The second kappa shape index (κ2) is 9.83. The van der Waals surface area contributed by atoms with Crippen molar-refractivity contribution < 1.29 is 9.59 Å². The van der Waals surface area contributed by atoms with Crippen LogP contribution in [0.25, 0.3) is 22.5 Å². The number of nitrogens with zero attached hydrogens (tertiary/aromatic N) is 4. The van der Waals surface area contributed by atoms with E-state index < -0.39 is 0 Å². The first-order valence-electron chi connectivity index (χ1n) is 10.6. The van der Waals surface area contributed by atoms with Gasteiger partial charge in [0.25, 0.3) is 5.91 Å². The number of carbonyl (C=O) groups is 2. The summed E-state index contributed by atoms with van der Waals surface area (Å²) in [6.45, 7) is 2.76. The molecule has 8 heteroatoms. The Bertz CT molecular complexity index is 1390. The molecule has 8 nitrogen and oxygen atoms in total. The van der Waals surface area contributed by atoms with Gasteiger partial charge in [-0.15, -0.1) is 15.0 Å². The maximum absolute atomic E-state index is 12.0. The van der Waals surface area contributed by atoms with E-state index >= 15 is 0 Å². The predicted octanol–water partition coefficient (Wildman–Crippen LogP) is 4.18. The van der Waals surface area contributed by atoms with Crippen LogP contribution in [-0.2, 0) is 4.79 Å². The fourth-order valence-electron chi connectivity index (χ4n) is 3.39. The number of carbonyl (C=O) groups excluding carboxylic acids is 2. The molecule has 168 valence electrons. The minimum Gasteiger partial charge on any atom is -0.298 e. The second-order valence-electron chi connectivity index (χ2n) is 7.52. The summed E-state index contributed by atoms with van der Waals surface area (Å²) in [4.78, 5) is 24.5. The van der Waals surface area contributed by atoms with Crippen molar-refractivity contribution in [2.24, 2.45) is 5.10 Å². The fourth-order valence-corrected chi connectivity index (χ4v) is 3.39. The molecule has 0 bridgehead atoms. The monoisotopic (exact) mass is 450 g/mol. The largest absolute Gasteiger partial charge is 0.298 e. The van der Waals surface area contributed by atoms with Crippen molar-refractivity contribution in [1.82, 2.24) is 20.4 Å². The molecular weight excluding hydrogens is 428 g/mol. The van der Waals surface area contributed by atoms with E-state index in [-0.39, 0.29) is 17.5 Å². The van der Waals surface area contributed by atoms with Crippen LogP contribution in [0.3, 0.4) is 0 Å². The summed E-state index contributed by atoms with van der Waals surface area (Å²) < 4.78 is 0. The third kappa shape index (κ3) is 4.86. The Hall–Kier alpha value is -4.72. The van der Waals surface area contributed by atoms with Crippen molar-refractivity contribution in [1.29, 1.82) is 5.41 Å². The van der Waals surface area contributed by atoms with Crippen LogP contribution in [0.5, 0.6) is 0 Å². The Kier molecular flexibility index (Phi) is 6.49. The molecule has 3 aromatic carbocycles. The molecule has 1 aromatic heterocycles. The highest BCUT2D eigenvalue weighted by molar-refractivity contribution is 6.52. The Morgan fingerprint density at radius 3 is 1.97 bits per heavy atom. The normalized spacial score (nSPS) is 11.2. The van der Waals surface area contributed by atoms with Crippen molar-refractivity contribution in [2.45, 2.75) is 13.8 Å². The zero-order valence-corrected chi connectivity index (χ0v) is 18.7. The van der Waals surface area contributed by atoms with Crippen molar-refractivity contribution in [2.75, 3.05) is 0 Å². The number of amides is 1. The molecular formula is C26H22N6O2. The number of aromatic nitrogens is 3. The van der Waals surface area contributed by atoms with Crippen molar-refractivity contribution in [3.63, 3.8) is 0 Å². The van der Waals surface area contributed by atoms with Gasteiger partial charge in [0.05, 0.1) is 5.71 Å². The van der Waals surface area contributed by atoms with Crippen molar-refractivity contribution in [3.05, 3.63) is 96.1 Å². The quantitative estimate of drug-likeness (QED) is 0.339. The Labute approximate surface area is 196 Å². The summed E-state index contributed by atoms with van der Waals surface area (Å²) in [6, 6.07) is 25.9. The smallest absolute Gasteiger partial charge is 0.261 e. The van der Waals surface area contributed by atoms with E-state index in [4.69, 9.17) is 5.41 Å². The van der Waals surface area contributed by atoms with E-state index in [1.54, 1.807) is 12.1 Å². The van der Waals surface area contributed by atoms with Gasteiger partial charge in [-0.25, -0.2) is 5.43 Å². The molecule has 0 atom stereocenters. The lowest BCUT2D eigenvalue weighted by atomic mass is 9.97. The van der Waals surface area contributed by atoms with Crippen LogP contribution in [0.2, 0.25) is 0 Å². The van der Waals surface area contributed by atoms with Gasteiger partial charge < -0.3 is 0 Å². The lowest BCUT2D eigenvalue weighted by Crippen LogP contribution is -2.22. The fraction of sp³-hybridized carbons (Fsp3) is 0.0769. The van der Waals surface area contributed by atoms with E-state index in [0.29, 0.717) is 33.8 Å². The summed E-state index contributed by atoms with van der Waals surface area (Å²) in [5.41, 5.74) is 6.75. The first-order chi connectivity index (χ1) is 16.4. The molecule has 1 heterocycles. The van der Waals surface area contributed by atoms with Crippen molar-refractivity contribution in [3.8, 4) is 22.5 Å². The second-order valence-corrected chi connectivity index (χ2v) is 7.52. The number of rotatable bonds is 6. The van der Waals surface area contributed by atoms with Crippen LogP contribution in [0.1, 0.15) is 29.8 Å². The van der Waals surface area contributed by atoms with Gasteiger partial charge in [0.2, 0.25) is 5.91 Å². The highest BCUT2D eigenvalue weighted by atomic mass is 16.2. The van der Waals surface area contributed by atoms with Gasteiger partial charge in [0.15, 0.2) is 0 Å². The van der Waals surface area contributed by atoms with E-state index in [0.717, 1.165) is 10.4 Å².